The topological polar surface area (TPSA) is 207 Å². The fourth-order valence-corrected chi connectivity index (χ4v) is 2.47. The average Bonchev–Trinajstić information content (AvgIpc) is 2.71. The standard InChI is InChI=1S/C6H6O.5C4H8O2S.CH4/c7-6-4-2-1-3-5-6;5*1-3(7)2-4(5)6;/h1-5,7H;5*3,7H,2H2,1H3,(H,5,6);1H4. The van der Waals surface area contributed by atoms with Crippen LogP contribution in [0.5, 0.6) is 5.75 Å². The molecule has 0 aliphatic carbocycles. The summed E-state index contributed by atoms with van der Waals surface area (Å²) in [5.41, 5.74) is 0. The minimum atomic E-state index is -0.789. The van der Waals surface area contributed by atoms with Crippen molar-refractivity contribution < 1.29 is 54.6 Å². The number of hydrogen-bond acceptors (Lipinski definition) is 11. The van der Waals surface area contributed by atoms with Crippen molar-refractivity contribution in [2.75, 3.05) is 0 Å². The summed E-state index contributed by atoms with van der Waals surface area (Å²) in [6, 6.07) is 8.71. The van der Waals surface area contributed by atoms with E-state index in [0.29, 0.717) is 5.75 Å². The minimum Gasteiger partial charge on any atom is -0.508 e. The van der Waals surface area contributed by atoms with Crippen LogP contribution in [-0.4, -0.2) is 86.7 Å². The largest absolute Gasteiger partial charge is 0.508 e. The maximum atomic E-state index is 9.76. The predicted molar refractivity (Wildman–Crippen MR) is 188 cm³/mol. The van der Waals surface area contributed by atoms with E-state index in [4.69, 9.17) is 30.6 Å². The monoisotopic (exact) mass is 710 g/mol. The highest BCUT2D eigenvalue weighted by atomic mass is 32.1. The zero-order chi connectivity index (χ0) is 34.4. The summed E-state index contributed by atoms with van der Waals surface area (Å²) >= 11 is 19.3. The molecule has 5 atom stereocenters. The highest BCUT2D eigenvalue weighted by Gasteiger charge is 2.01. The number of para-hydroxylation sites is 1. The number of hydrogen-bond donors (Lipinski definition) is 11. The molecule has 43 heavy (non-hydrogen) atoms. The van der Waals surface area contributed by atoms with E-state index in [9.17, 15) is 24.0 Å². The van der Waals surface area contributed by atoms with Crippen LogP contribution < -0.4 is 0 Å². The second kappa shape index (κ2) is 36.3. The Morgan fingerprint density at radius 3 is 0.698 bits per heavy atom. The van der Waals surface area contributed by atoms with Crippen LogP contribution in [0.15, 0.2) is 30.3 Å². The summed E-state index contributed by atoms with van der Waals surface area (Å²) in [5, 5.41) is 48.7. The first-order chi connectivity index (χ1) is 19.0. The van der Waals surface area contributed by atoms with Crippen LogP contribution >= 0.6 is 63.1 Å². The quantitative estimate of drug-likeness (QED) is 0.128. The number of benzene rings is 1. The van der Waals surface area contributed by atoms with Crippen LogP contribution in [0, 0.1) is 0 Å². The molecule has 11 nitrogen and oxygen atoms in total. The van der Waals surface area contributed by atoms with Crippen molar-refractivity contribution in [3.8, 4) is 5.75 Å². The average molecular weight is 711 g/mol. The van der Waals surface area contributed by atoms with Crippen molar-refractivity contribution >= 4 is 93.0 Å². The number of phenolic OH excluding ortho intramolecular Hbond substituents is 1. The lowest BCUT2D eigenvalue weighted by molar-refractivity contribution is -0.137. The number of carboxylic acid groups (broad SMARTS) is 5. The van der Waals surface area contributed by atoms with Gasteiger partial charge in [-0.15, -0.1) is 0 Å². The van der Waals surface area contributed by atoms with Crippen molar-refractivity contribution in [3.63, 3.8) is 0 Å². The van der Waals surface area contributed by atoms with Gasteiger partial charge in [-0.25, -0.2) is 0 Å². The zero-order valence-electron chi connectivity index (χ0n) is 24.3. The molecule has 0 saturated carbocycles. The number of rotatable bonds is 10. The summed E-state index contributed by atoms with van der Waals surface area (Å²) in [6.45, 7) is 8.74. The number of carbonyl (C=O) groups is 5. The van der Waals surface area contributed by atoms with Gasteiger partial charge in [-0.3, -0.25) is 24.0 Å². The molecular formula is C27H50O11S5. The first-order valence-electron chi connectivity index (χ1n) is 12.3. The molecular weight excluding hydrogens is 661 g/mol. The number of phenols is 1. The molecule has 16 heteroatoms. The van der Waals surface area contributed by atoms with Gasteiger partial charge in [-0.05, 0) is 12.1 Å². The van der Waals surface area contributed by atoms with Crippen molar-refractivity contribution in [1.29, 1.82) is 0 Å². The molecule has 0 aromatic heterocycles. The molecule has 0 spiro atoms. The third kappa shape index (κ3) is 85.5. The molecule has 0 aliphatic rings. The third-order valence-corrected chi connectivity index (χ3v) is 4.02. The molecule has 0 bridgehead atoms. The van der Waals surface area contributed by atoms with E-state index in [2.05, 4.69) is 63.1 Å². The summed E-state index contributed by atoms with van der Waals surface area (Å²) < 4.78 is 0. The molecule has 0 amide bonds. The first-order valence-corrected chi connectivity index (χ1v) is 14.8. The van der Waals surface area contributed by atoms with Crippen molar-refractivity contribution in [1.82, 2.24) is 0 Å². The lowest BCUT2D eigenvalue weighted by Gasteiger charge is -1.93. The minimum absolute atomic E-state index is 0. The SMILES string of the molecule is C.CC(S)CC(=O)O.CC(S)CC(=O)O.CC(S)CC(=O)O.CC(S)CC(=O)O.CC(S)CC(=O)O.Oc1ccccc1. The zero-order valence-corrected chi connectivity index (χ0v) is 28.7. The van der Waals surface area contributed by atoms with E-state index >= 15 is 0 Å². The van der Waals surface area contributed by atoms with Crippen LogP contribution in [0.4, 0.5) is 0 Å². The van der Waals surface area contributed by atoms with E-state index in [1.165, 1.54) is 0 Å². The summed E-state index contributed by atoms with van der Waals surface area (Å²) in [5.74, 6) is -3.62. The lowest BCUT2D eigenvalue weighted by Crippen LogP contribution is -2.01. The highest BCUT2D eigenvalue weighted by molar-refractivity contribution is 7.81. The molecule has 0 aliphatic heterocycles. The molecule has 0 saturated heterocycles. The summed E-state index contributed by atoms with van der Waals surface area (Å²) in [6.07, 6.45) is 0.710. The van der Waals surface area contributed by atoms with Crippen LogP contribution in [0.3, 0.4) is 0 Å². The molecule has 6 N–H and O–H groups in total. The Kier molecular flexibility index (Phi) is 45.3. The van der Waals surface area contributed by atoms with E-state index in [1.807, 2.05) is 6.07 Å². The maximum absolute atomic E-state index is 9.76. The molecule has 0 radical (unpaired) electrons. The van der Waals surface area contributed by atoms with Gasteiger partial charge >= 0.3 is 29.8 Å². The molecule has 1 aromatic carbocycles. The molecule has 254 valence electrons. The van der Waals surface area contributed by atoms with Crippen molar-refractivity contribution in [2.45, 2.75) is 100 Å². The Balaban J connectivity index is -0.0000000951. The fraction of sp³-hybridized carbons (Fsp3) is 0.593. The Morgan fingerprint density at radius 2 is 0.651 bits per heavy atom. The van der Waals surface area contributed by atoms with Crippen molar-refractivity contribution in [2.24, 2.45) is 0 Å². The summed E-state index contributed by atoms with van der Waals surface area (Å²) in [4.78, 5) is 48.8. The Bertz CT molecular complexity index is 720. The van der Waals surface area contributed by atoms with Gasteiger partial charge in [-0.1, -0.05) is 60.2 Å². The van der Waals surface area contributed by atoms with Gasteiger partial charge in [0.25, 0.3) is 0 Å². The molecule has 0 fully saturated rings. The number of aromatic hydroxyl groups is 1. The smallest absolute Gasteiger partial charge is 0.304 e. The van der Waals surface area contributed by atoms with Gasteiger partial charge in [0.2, 0.25) is 0 Å². The van der Waals surface area contributed by atoms with Crippen LogP contribution in [0.1, 0.15) is 74.1 Å². The Labute approximate surface area is 282 Å². The number of carboxylic acids is 5. The molecule has 5 unspecified atom stereocenters. The van der Waals surface area contributed by atoms with E-state index < -0.39 is 29.8 Å². The normalized spacial score (nSPS) is 12.3. The maximum Gasteiger partial charge on any atom is 0.304 e. The second-order valence-corrected chi connectivity index (χ2v) is 13.0. The van der Waals surface area contributed by atoms with Gasteiger partial charge in [0.1, 0.15) is 5.75 Å². The molecule has 0 heterocycles. The van der Waals surface area contributed by atoms with Gasteiger partial charge in [0, 0.05) is 26.2 Å². The van der Waals surface area contributed by atoms with Gasteiger partial charge in [0.05, 0.1) is 32.1 Å². The van der Waals surface area contributed by atoms with E-state index in [0.717, 1.165) is 0 Å². The fourth-order valence-electron chi connectivity index (χ4n) is 1.69. The van der Waals surface area contributed by atoms with Crippen LogP contribution in [0.2, 0.25) is 0 Å². The van der Waals surface area contributed by atoms with E-state index in [-0.39, 0.29) is 65.8 Å². The second-order valence-electron chi connectivity index (χ2n) is 8.57. The lowest BCUT2D eigenvalue weighted by atomic mass is 10.3. The van der Waals surface area contributed by atoms with Crippen molar-refractivity contribution in [3.05, 3.63) is 30.3 Å². The van der Waals surface area contributed by atoms with Crippen LogP contribution in [-0.2, 0) is 24.0 Å². The Morgan fingerprint density at radius 1 is 0.488 bits per heavy atom. The summed E-state index contributed by atoms with van der Waals surface area (Å²) in [7, 11) is 0. The molecule has 1 rings (SSSR count). The number of thiol groups is 5. The number of aliphatic carboxylic acids is 5. The Hall–Kier alpha value is -1.88. The van der Waals surface area contributed by atoms with E-state index in [1.54, 1.807) is 58.9 Å². The highest BCUT2D eigenvalue weighted by Crippen LogP contribution is 2.03. The molecule has 1 aromatic rings. The van der Waals surface area contributed by atoms with Gasteiger partial charge < -0.3 is 30.6 Å². The van der Waals surface area contributed by atoms with Gasteiger partial charge in [-0.2, -0.15) is 63.1 Å². The predicted octanol–water partition coefficient (Wildman–Crippen LogP) is 5.93. The van der Waals surface area contributed by atoms with Gasteiger partial charge in [0.15, 0.2) is 0 Å². The first kappa shape index (κ1) is 53.7. The third-order valence-electron chi connectivity index (χ3n) is 3.11. The van der Waals surface area contributed by atoms with Crippen LogP contribution in [0.25, 0.3) is 0 Å².